The summed E-state index contributed by atoms with van der Waals surface area (Å²) >= 11 is 3.73. The Morgan fingerprint density at radius 2 is 2.39 bits per heavy atom. The van der Waals surface area contributed by atoms with E-state index in [2.05, 4.69) is 29.8 Å². The summed E-state index contributed by atoms with van der Waals surface area (Å²) in [6.45, 7) is 3.26. The van der Waals surface area contributed by atoms with Gasteiger partial charge in [-0.25, -0.2) is 4.98 Å². The van der Waals surface area contributed by atoms with E-state index in [0.29, 0.717) is 6.04 Å². The molecule has 2 nitrogen and oxygen atoms in total. The van der Waals surface area contributed by atoms with Crippen molar-refractivity contribution in [1.29, 1.82) is 0 Å². The topological polar surface area (TPSA) is 24.9 Å². The van der Waals surface area contributed by atoms with E-state index >= 15 is 0 Å². The minimum atomic E-state index is 0.306. The molecule has 0 amide bonds. The van der Waals surface area contributed by atoms with Crippen LogP contribution < -0.4 is 5.32 Å². The Morgan fingerprint density at radius 1 is 1.44 bits per heavy atom. The minimum Gasteiger partial charge on any atom is -0.304 e. The number of thiophene rings is 1. The maximum atomic E-state index is 4.86. The molecule has 1 unspecified atom stereocenters. The smallest absolute Gasteiger partial charge is 0.115 e. The molecule has 18 heavy (non-hydrogen) atoms. The molecule has 1 N–H and O–H groups in total. The molecular weight excluding hydrogens is 260 g/mol. The molecule has 2 aromatic rings. The van der Waals surface area contributed by atoms with Crippen molar-refractivity contribution in [2.45, 2.75) is 38.6 Å². The van der Waals surface area contributed by atoms with E-state index in [1.807, 2.05) is 22.7 Å². The van der Waals surface area contributed by atoms with Crippen LogP contribution in [0.1, 0.15) is 46.3 Å². The van der Waals surface area contributed by atoms with Crippen LogP contribution in [0.2, 0.25) is 0 Å². The van der Waals surface area contributed by atoms with Crippen LogP contribution in [-0.2, 0) is 12.8 Å². The van der Waals surface area contributed by atoms with Gasteiger partial charge in [-0.3, -0.25) is 0 Å². The van der Waals surface area contributed by atoms with Crippen LogP contribution in [0.3, 0.4) is 0 Å². The van der Waals surface area contributed by atoms with Gasteiger partial charge in [0.05, 0.1) is 11.7 Å². The number of thiazole rings is 1. The summed E-state index contributed by atoms with van der Waals surface area (Å²) in [5.74, 6) is 0. The van der Waals surface area contributed by atoms with Crippen LogP contribution in [-0.4, -0.2) is 11.5 Å². The monoisotopic (exact) mass is 278 g/mol. The van der Waals surface area contributed by atoms with Gasteiger partial charge >= 0.3 is 0 Å². The van der Waals surface area contributed by atoms with Crippen LogP contribution in [0, 0.1) is 0 Å². The minimum absolute atomic E-state index is 0.306. The van der Waals surface area contributed by atoms with E-state index in [1.54, 1.807) is 0 Å². The zero-order valence-corrected chi connectivity index (χ0v) is 12.2. The third kappa shape index (κ3) is 2.37. The molecule has 0 saturated heterocycles. The van der Waals surface area contributed by atoms with Crippen LogP contribution in [0.25, 0.3) is 0 Å². The van der Waals surface area contributed by atoms with E-state index in [-0.39, 0.29) is 0 Å². The molecule has 1 aliphatic carbocycles. The highest BCUT2D eigenvalue weighted by Crippen LogP contribution is 2.34. The van der Waals surface area contributed by atoms with Gasteiger partial charge in [-0.2, -0.15) is 0 Å². The third-order valence-electron chi connectivity index (χ3n) is 3.29. The van der Waals surface area contributed by atoms with Gasteiger partial charge in [0.15, 0.2) is 0 Å². The van der Waals surface area contributed by atoms with Gasteiger partial charge in [0.25, 0.3) is 0 Å². The molecule has 0 saturated carbocycles. The van der Waals surface area contributed by atoms with Gasteiger partial charge in [0.2, 0.25) is 0 Å². The number of hydrogen-bond acceptors (Lipinski definition) is 4. The van der Waals surface area contributed by atoms with Crippen molar-refractivity contribution >= 4 is 22.7 Å². The first-order chi connectivity index (χ1) is 8.88. The number of rotatable bonds is 5. The molecule has 2 heterocycles. The molecule has 0 bridgehead atoms. The summed E-state index contributed by atoms with van der Waals surface area (Å²) in [5.41, 5.74) is 1.36. The van der Waals surface area contributed by atoms with Crippen molar-refractivity contribution in [3.63, 3.8) is 0 Å². The van der Waals surface area contributed by atoms with Gasteiger partial charge in [-0.1, -0.05) is 13.0 Å². The molecular formula is C14H18N2S2. The summed E-state index contributed by atoms with van der Waals surface area (Å²) in [7, 11) is 0. The number of hydrogen-bond donors (Lipinski definition) is 1. The van der Waals surface area contributed by atoms with Crippen LogP contribution in [0.5, 0.6) is 0 Å². The summed E-state index contributed by atoms with van der Waals surface area (Å²) < 4.78 is 0. The number of nitrogens with one attached hydrogen (secondary N) is 1. The van der Waals surface area contributed by atoms with Gasteiger partial charge in [-0.05, 0) is 43.7 Å². The molecule has 1 aliphatic rings. The highest BCUT2D eigenvalue weighted by atomic mass is 32.1. The highest BCUT2D eigenvalue weighted by Gasteiger charge is 2.23. The Labute approximate surface area is 116 Å². The molecule has 4 heteroatoms. The van der Waals surface area contributed by atoms with Crippen LogP contribution >= 0.6 is 22.7 Å². The molecule has 1 atom stereocenters. The van der Waals surface area contributed by atoms with Crippen molar-refractivity contribution in [3.05, 3.63) is 38.0 Å². The zero-order chi connectivity index (χ0) is 12.4. The summed E-state index contributed by atoms with van der Waals surface area (Å²) in [4.78, 5) is 7.77. The second-order valence-electron chi connectivity index (χ2n) is 4.68. The van der Waals surface area contributed by atoms with E-state index in [9.17, 15) is 0 Å². The standard InChI is InChI=1S/C14H18N2S2/c1-2-8-15-13(12-7-4-9-17-12)14-16-10-5-3-6-11(10)18-14/h4,7,9,13,15H,2-3,5-6,8H2,1H3. The molecule has 0 aliphatic heterocycles. The number of aryl methyl sites for hydroxylation is 2. The molecule has 0 spiro atoms. The third-order valence-corrected chi connectivity index (χ3v) is 5.44. The van der Waals surface area contributed by atoms with Gasteiger partial charge in [-0.15, -0.1) is 22.7 Å². The molecule has 0 aromatic carbocycles. The van der Waals surface area contributed by atoms with Crippen molar-refractivity contribution < 1.29 is 0 Å². The van der Waals surface area contributed by atoms with Crippen molar-refractivity contribution in [2.24, 2.45) is 0 Å². The van der Waals surface area contributed by atoms with Crippen molar-refractivity contribution in [1.82, 2.24) is 10.3 Å². The number of fused-ring (bicyclic) bond motifs is 1. The first kappa shape index (κ1) is 12.3. The largest absolute Gasteiger partial charge is 0.304 e. The van der Waals surface area contributed by atoms with Gasteiger partial charge < -0.3 is 5.32 Å². The van der Waals surface area contributed by atoms with Crippen molar-refractivity contribution in [3.8, 4) is 0 Å². The van der Waals surface area contributed by atoms with E-state index in [4.69, 9.17) is 4.98 Å². The van der Waals surface area contributed by atoms with E-state index in [1.165, 1.54) is 39.7 Å². The second kappa shape index (κ2) is 5.51. The van der Waals surface area contributed by atoms with E-state index in [0.717, 1.165) is 13.0 Å². The molecule has 0 radical (unpaired) electrons. The predicted molar refractivity (Wildman–Crippen MR) is 78.6 cm³/mol. The molecule has 96 valence electrons. The Hall–Kier alpha value is -0.710. The molecule has 3 rings (SSSR count). The normalized spacial score (nSPS) is 15.8. The van der Waals surface area contributed by atoms with E-state index < -0.39 is 0 Å². The summed E-state index contributed by atoms with van der Waals surface area (Å²) in [6, 6.07) is 4.65. The SMILES string of the molecule is CCCNC(c1cccs1)c1nc2c(s1)CCC2. The number of nitrogens with zero attached hydrogens (tertiary/aromatic N) is 1. The lowest BCUT2D eigenvalue weighted by Crippen LogP contribution is -2.22. The quantitative estimate of drug-likeness (QED) is 0.900. The Morgan fingerprint density at radius 3 is 3.11 bits per heavy atom. The average molecular weight is 278 g/mol. The van der Waals surface area contributed by atoms with Gasteiger partial charge in [0, 0.05) is 9.75 Å². The fraction of sp³-hybridized carbons (Fsp3) is 0.500. The second-order valence-corrected chi connectivity index (χ2v) is 6.77. The maximum absolute atomic E-state index is 4.86. The van der Waals surface area contributed by atoms with Crippen molar-refractivity contribution in [2.75, 3.05) is 6.54 Å². The highest BCUT2D eigenvalue weighted by molar-refractivity contribution is 7.12. The fourth-order valence-electron chi connectivity index (χ4n) is 2.39. The lowest BCUT2D eigenvalue weighted by Gasteiger charge is -2.14. The Balaban J connectivity index is 1.87. The number of aromatic nitrogens is 1. The lowest BCUT2D eigenvalue weighted by atomic mass is 10.2. The van der Waals surface area contributed by atoms with Crippen LogP contribution in [0.4, 0.5) is 0 Å². The molecule has 0 fully saturated rings. The van der Waals surface area contributed by atoms with Gasteiger partial charge in [0.1, 0.15) is 5.01 Å². The van der Waals surface area contributed by atoms with Crippen LogP contribution in [0.15, 0.2) is 17.5 Å². The Kier molecular flexibility index (Phi) is 3.77. The average Bonchev–Trinajstić information content (AvgIpc) is 3.05. The summed E-state index contributed by atoms with van der Waals surface area (Å²) in [6.07, 6.45) is 4.86. The Bertz CT molecular complexity index is 480. The summed E-state index contributed by atoms with van der Waals surface area (Å²) in [5, 5.41) is 7.05. The lowest BCUT2D eigenvalue weighted by molar-refractivity contribution is 0.601. The molecule has 2 aromatic heterocycles. The first-order valence-corrected chi connectivity index (χ1v) is 8.33. The fourth-order valence-corrected chi connectivity index (χ4v) is 4.51. The maximum Gasteiger partial charge on any atom is 0.115 e. The predicted octanol–water partition coefficient (Wildman–Crippen LogP) is 3.78. The first-order valence-electron chi connectivity index (χ1n) is 6.63. The zero-order valence-electron chi connectivity index (χ0n) is 10.6.